The number of carbonyl (C=O) groups excluding carboxylic acids is 1. The highest BCUT2D eigenvalue weighted by molar-refractivity contribution is 9.10. The van der Waals surface area contributed by atoms with Gasteiger partial charge in [0.25, 0.3) is 0 Å². The van der Waals surface area contributed by atoms with Crippen LogP contribution in [0, 0.1) is 5.41 Å². The van der Waals surface area contributed by atoms with Crippen molar-refractivity contribution in [2.24, 2.45) is 5.41 Å². The average molecular weight is 388 g/mol. The van der Waals surface area contributed by atoms with E-state index in [0.717, 1.165) is 9.37 Å². The predicted molar refractivity (Wildman–Crippen MR) is 87.0 cm³/mol. The van der Waals surface area contributed by atoms with Crippen molar-refractivity contribution in [2.45, 2.75) is 30.6 Å². The summed E-state index contributed by atoms with van der Waals surface area (Å²) in [5.41, 5.74) is -0.740. The van der Waals surface area contributed by atoms with Crippen LogP contribution in [0.5, 0.6) is 0 Å². The van der Waals surface area contributed by atoms with Crippen LogP contribution in [0.3, 0.4) is 0 Å². The van der Waals surface area contributed by atoms with E-state index in [1.54, 1.807) is 12.1 Å². The standard InChI is InChI=1S/C15H18BrNO4S/c16-11-3-5-12(6-4-11)22(21)9-1-2-13(18)17-10-15(7-8-15)14(19)20/h3-6H,1-2,7-10H2,(H,17,18)(H,19,20). The summed E-state index contributed by atoms with van der Waals surface area (Å²) in [4.78, 5) is 23.4. The molecule has 22 heavy (non-hydrogen) atoms. The van der Waals surface area contributed by atoms with Gasteiger partial charge >= 0.3 is 5.97 Å². The lowest BCUT2D eigenvalue weighted by Gasteiger charge is -2.11. The van der Waals surface area contributed by atoms with E-state index in [2.05, 4.69) is 21.2 Å². The van der Waals surface area contributed by atoms with Crippen molar-refractivity contribution in [3.8, 4) is 0 Å². The fourth-order valence-electron chi connectivity index (χ4n) is 2.04. The van der Waals surface area contributed by atoms with Gasteiger partial charge in [-0.15, -0.1) is 0 Å². The first-order valence-corrected chi connectivity index (χ1v) is 9.18. The molecule has 1 saturated carbocycles. The van der Waals surface area contributed by atoms with E-state index < -0.39 is 22.2 Å². The largest absolute Gasteiger partial charge is 0.481 e. The Morgan fingerprint density at radius 1 is 1.27 bits per heavy atom. The minimum absolute atomic E-state index is 0.180. The van der Waals surface area contributed by atoms with Crippen LogP contribution in [0.25, 0.3) is 0 Å². The van der Waals surface area contributed by atoms with E-state index in [4.69, 9.17) is 5.11 Å². The van der Waals surface area contributed by atoms with Crippen molar-refractivity contribution < 1.29 is 18.9 Å². The monoisotopic (exact) mass is 387 g/mol. The molecular weight excluding hydrogens is 370 g/mol. The van der Waals surface area contributed by atoms with Crippen LogP contribution in [0.15, 0.2) is 33.6 Å². The maximum absolute atomic E-state index is 12.0. The lowest BCUT2D eigenvalue weighted by Crippen LogP contribution is -2.34. The van der Waals surface area contributed by atoms with E-state index in [-0.39, 0.29) is 18.9 Å². The molecule has 120 valence electrons. The number of amides is 1. The molecule has 1 aromatic rings. The zero-order valence-electron chi connectivity index (χ0n) is 12.0. The van der Waals surface area contributed by atoms with Crippen molar-refractivity contribution in [1.29, 1.82) is 0 Å². The SMILES string of the molecule is O=C(CCCS(=O)c1ccc(Br)cc1)NCC1(C(=O)O)CC1. The first-order valence-electron chi connectivity index (χ1n) is 7.07. The van der Waals surface area contributed by atoms with Crippen molar-refractivity contribution >= 4 is 38.6 Å². The van der Waals surface area contributed by atoms with Crippen LogP contribution in [0.2, 0.25) is 0 Å². The summed E-state index contributed by atoms with van der Waals surface area (Å²) in [5, 5.41) is 11.7. The molecule has 1 aliphatic carbocycles. The zero-order valence-corrected chi connectivity index (χ0v) is 14.4. The second-order valence-corrected chi connectivity index (χ2v) is 7.96. The minimum Gasteiger partial charge on any atom is -0.481 e. The lowest BCUT2D eigenvalue weighted by molar-refractivity contribution is -0.143. The van der Waals surface area contributed by atoms with Crippen LogP contribution in [-0.2, 0) is 20.4 Å². The van der Waals surface area contributed by atoms with E-state index in [1.165, 1.54) is 0 Å². The van der Waals surface area contributed by atoms with E-state index in [9.17, 15) is 13.8 Å². The topological polar surface area (TPSA) is 83.5 Å². The maximum atomic E-state index is 12.0. The number of halogens is 1. The summed E-state index contributed by atoms with van der Waals surface area (Å²) in [7, 11) is -1.12. The van der Waals surface area contributed by atoms with Crippen LogP contribution < -0.4 is 5.32 Å². The Labute approximate surface area is 140 Å². The van der Waals surface area contributed by atoms with Gasteiger partial charge in [-0.05, 0) is 43.5 Å². The molecule has 0 heterocycles. The van der Waals surface area contributed by atoms with E-state index in [0.29, 0.717) is 25.0 Å². The van der Waals surface area contributed by atoms with Gasteiger partial charge in [-0.1, -0.05) is 15.9 Å². The summed E-state index contributed by atoms with van der Waals surface area (Å²) in [6, 6.07) is 7.26. The molecular formula is C15H18BrNO4S. The Morgan fingerprint density at radius 2 is 1.91 bits per heavy atom. The van der Waals surface area contributed by atoms with Crippen molar-refractivity contribution in [2.75, 3.05) is 12.3 Å². The summed E-state index contributed by atoms with van der Waals surface area (Å²) < 4.78 is 13.0. The number of rotatable bonds is 8. The number of hydrogen-bond donors (Lipinski definition) is 2. The molecule has 1 amide bonds. The van der Waals surface area contributed by atoms with Gasteiger partial charge in [0, 0.05) is 28.1 Å². The second-order valence-electron chi connectivity index (χ2n) is 5.47. The van der Waals surface area contributed by atoms with Gasteiger partial charge in [-0.3, -0.25) is 13.8 Å². The summed E-state index contributed by atoms with van der Waals surface area (Å²) in [6.45, 7) is 0.191. The van der Waals surface area contributed by atoms with Crippen molar-refractivity contribution in [1.82, 2.24) is 5.32 Å². The molecule has 0 spiro atoms. The van der Waals surface area contributed by atoms with Crippen molar-refractivity contribution in [3.05, 3.63) is 28.7 Å². The van der Waals surface area contributed by atoms with Gasteiger partial charge in [0.1, 0.15) is 0 Å². The number of carbonyl (C=O) groups is 2. The van der Waals surface area contributed by atoms with Crippen LogP contribution in [0.4, 0.5) is 0 Å². The molecule has 7 heteroatoms. The quantitative estimate of drug-likeness (QED) is 0.716. The molecule has 0 saturated heterocycles. The molecule has 1 unspecified atom stereocenters. The molecule has 5 nitrogen and oxygen atoms in total. The van der Waals surface area contributed by atoms with E-state index >= 15 is 0 Å². The predicted octanol–water partition coefficient (Wildman–Crippen LogP) is 2.32. The average Bonchev–Trinajstić information content (AvgIpc) is 3.27. The molecule has 0 aliphatic heterocycles. The number of hydrogen-bond acceptors (Lipinski definition) is 3. The van der Waals surface area contributed by atoms with Gasteiger partial charge < -0.3 is 10.4 Å². The molecule has 2 rings (SSSR count). The number of carboxylic acids is 1. The summed E-state index contributed by atoms with van der Waals surface area (Å²) in [5.74, 6) is -0.608. The number of nitrogens with one attached hydrogen (secondary N) is 1. The van der Waals surface area contributed by atoms with E-state index in [1.807, 2.05) is 12.1 Å². The number of carboxylic acid groups (broad SMARTS) is 1. The Bertz CT molecular complexity index is 584. The first kappa shape index (κ1) is 17.1. The highest BCUT2D eigenvalue weighted by Crippen LogP contribution is 2.45. The fourth-order valence-corrected chi connectivity index (χ4v) is 3.39. The molecule has 1 fully saturated rings. The number of benzene rings is 1. The zero-order chi connectivity index (χ0) is 16.2. The van der Waals surface area contributed by atoms with Crippen LogP contribution >= 0.6 is 15.9 Å². The Morgan fingerprint density at radius 3 is 2.45 bits per heavy atom. The summed E-state index contributed by atoms with van der Waals surface area (Å²) in [6.07, 6.45) is 2.01. The molecule has 1 aliphatic rings. The van der Waals surface area contributed by atoms with Gasteiger partial charge in [0.2, 0.25) is 5.91 Å². The Balaban J connectivity index is 1.67. The third-order valence-corrected chi connectivity index (χ3v) is 5.73. The third-order valence-electron chi connectivity index (χ3n) is 3.74. The maximum Gasteiger partial charge on any atom is 0.311 e. The molecule has 0 radical (unpaired) electrons. The highest BCUT2D eigenvalue weighted by atomic mass is 79.9. The van der Waals surface area contributed by atoms with Crippen LogP contribution in [-0.4, -0.2) is 33.5 Å². The highest BCUT2D eigenvalue weighted by Gasteiger charge is 2.50. The molecule has 0 bridgehead atoms. The van der Waals surface area contributed by atoms with Gasteiger partial charge in [-0.25, -0.2) is 0 Å². The summed E-state index contributed by atoms with van der Waals surface area (Å²) >= 11 is 3.32. The first-order chi connectivity index (χ1) is 10.4. The lowest BCUT2D eigenvalue weighted by atomic mass is 10.1. The molecule has 0 aromatic heterocycles. The number of aliphatic carboxylic acids is 1. The van der Waals surface area contributed by atoms with Crippen molar-refractivity contribution in [3.63, 3.8) is 0 Å². The Kier molecular flexibility index (Phi) is 5.74. The fraction of sp³-hybridized carbons (Fsp3) is 0.467. The molecule has 1 atom stereocenters. The molecule has 1 aromatic carbocycles. The molecule has 2 N–H and O–H groups in total. The second kappa shape index (κ2) is 7.37. The third kappa shape index (κ3) is 4.64. The smallest absolute Gasteiger partial charge is 0.311 e. The van der Waals surface area contributed by atoms with Gasteiger partial charge in [0.05, 0.1) is 16.2 Å². The van der Waals surface area contributed by atoms with Crippen LogP contribution in [0.1, 0.15) is 25.7 Å². The van der Waals surface area contributed by atoms with Gasteiger partial charge in [-0.2, -0.15) is 0 Å². The van der Waals surface area contributed by atoms with Gasteiger partial charge in [0.15, 0.2) is 0 Å². The minimum atomic E-state index is -1.12. The normalized spacial score (nSPS) is 16.8. The Hall–Kier alpha value is -1.21.